The Balaban J connectivity index is 1.37. The maximum atomic E-state index is 13.1. The van der Waals surface area contributed by atoms with Gasteiger partial charge in [0.25, 0.3) is 0 Å². The quantitative estimate of drug-likeness (QED) is 0.768. The van der Waals surface area contributed by atoms with Crippen LogP contribution in [0.2, 0.25) is 0 Å². The van der Waals surface area contributed by atoms with Crippen LogP contribution in [0, 0.1) is 0 Å². The number of carbonyl (C=O) groups is 2. The van der Waals surface area contributed by atoms with Crippen LogP contribution in [0.15, 0.2) is 6.20 Å². The predicted octanol–water partition coefficient (Wildman–Crippen LogP) is 1.08. The molecule has 3 aliphatic rings. The van der Waals surface area contributed by atoms with Crippen molar-refractivity contribution in [1.82, 2.24) is 24.7 Å². The van der Waals surface area contributed by atoms with Gasteiger partial charge in [0.15, 0.2) is 5.82 Å². The SMILES string of the molecule is CC(CC(=O)O)N1CCC(N2CCN(c3cnc4c(n3)CCN(C)CC4)C2=O)CC1. The zero-order valence-corrected chi connectivity index (χ0v) is 18.0. The summed E-state index contributed by atoms with van der Waals surface area (Å²) in [4.78, 5) is 41.8. The van der Waals surface area contributed by atoms with Gasteiger partial charge in [0.05, 0.1) is 24.0 Å². The van der Waals surface area contributed by atoms with Crippen molar-refractivity contribution in [3.8, 4) is 0 Å². The number of hydrogen-bond donors (Lipinski definition) is 1. The zero-order chi connectivity index (χ0) is 21.3. The fourth-order valence-electron chi connectivity index (χ4n) is 4.81. The molecule has 3 aliphatic heterocycles. The minimum absolute atomic E-state index is 0.0204. The number of fused-ring (bicyclic) bond motifs is 1. The van der Waals surface area contributed by atoms with Crippen LogP contribution >= 0.6 is 0 Å². The summed E-state index contributed by atoms with van der Waals surface area (Å²) in [5.74, 6) is -0.0955. The number of likely N-dealkylation sites (tertiary alicyclic amines) is 1. The number of anilines is 1. The second-order valence-electron chi connectivity index (χ2n) is 8.77. The number of rotatable bonds is 5. The van der Waals surface area contributed by atoms with Crippen LogP contribution in [-0.4, -0.2) is 100 Å². The Kier molecular flexibility index (Phi) is 6.19. The van der Waals surface area contributed by atoms with E-state index in [9.17, 15) is 9.59 Å². The number of hydrogen-bond acceptors (Lipinski definition) is 6. The van der Waals surface area contributed by atoms with Crippen molar-refractivity contribution >= 4 is 17.8 Å². The standard InChI is InChI=1S/C21H32N6O3/c1-15(13-20(28)29)25-9-3-16(4-10-25)26-11-12-27(21(26)30)19-14-22-17-5-7-24(2)8-6-18(17)23-19/h14-16H,3-13H2,1-2H3,(H,28,29). The van der Waals surface area contributed by atoms with E-state index in [-0.39, 0.29) is 24.5 Å². The third-order valence-corrected chi connectivity index (χ3v) is 6.73. The van der Waals surface area contributed by atoms with Gasteiger partial charge in [0.2, 0.25) is 0 Å². The molecular weight excluding hydrogens is 384 g/mol. The molecule has 30 heavy (non-hydrogen) atoms. The summed E-state index contributed by atoms with van der Waals surface area (Å²) < 4.78 is 0. The average molecular weight is 417 g/mol. The molecule has 1 aromatic rings. The summed E-state index contributed by atoms with van der Waals surface area (Å²) in [5, 5.41) is 9.02. The first-order valence-electron chi connectivity index (χ1n) is 11.0. The topological polar surface area (TPSA) is 93.1 Å². The highest BCUT2D eigenvalue weighted by Gasteiger charge is 2.37. The summed E-state index contributed by atoms with van der Waals surface area (Å²) in [6.07, 6.45) is 5.44. The highest BCUT2D eigenvalue weighted by Crippen LogP contribution is 2.26. The number of likely N-dealkylation sites (N-methyl/N-ethyl adjacent to an activating group) is 1. The van der Waals surface area contributed by atoms with Crippen LogP contribution in [-0.2, 0) is 17.6 Å². The molecule has 4 rings (SSSR count). The molecule has 1 atom stereocenters. The Morgan fingerprint density at radius 1 is 1.13 bits per heavy atom. The van der Waals surface area contributed by atoms with Crippen LogP contribution in [0.4, 0.5) is 10.6 Å². The molecule has 0 spiro atoms. The second-order valence-corrected chi connectivity index (χ2v) is 8.77. The molecule has 0 saturated carbocycles. The van der Waals surface area contributed by atoms with Crippen LogP contribution in [0.1, 0.15) is 37.6 Å². The number of piperidine rings is 1. The van der Waals surface area contributed by atoms with Crippen molar-refractivity contribution in [1.29, 1.82) is 0 Å². The minimum Gasteiger partial charge on any atom is -0.481 e. The highest BCUT2D eigenvalue weighted by atomic mass is 16.4. The lowest BCUT2D eigenvalue weighted by Gasteiger charge is -2.38. The smallest absolute Gasteiger partial charge is 0.326 e. The van der Waals surface area contributed by atoms with Gasteiger partial charge in [-0.1, -0.05) is 0 Å². The number of nitrogens with zero attached hydrogens (tertiary/aromatic N) is 6. The third-order valence-electron chi connectivity index (χ3n) is 6.73. The van der Waals surface area contributed by atoms with Gasteiger partial charge in [-0.15, -0.1) is 0 Å². The molecular formula is C21H32N6O3. The molecule has 0 bridgehead atoms. The Morgan fingerprint density at radius 3 is 2.53 bits per heavy atom. The lowest BCUT2D eigenvalue weighted by Crippen LogP contribution is -2.49. The van der Waals surface area contributed by atoms with Crippen molar-refractivity contribution in [3.05, 3.63) is 17.6 Å². The van der Waals surface area contributed by atoms with Gasteiger partial charge >= 0.3 is 12.0 Å². The van der Waals surface area contributed by atoms with Gasteiger partial charge in [0.1, 0.15) is 0 Å². The Hall–Kier alpha value is -2.26. The summed E-state index contributed by atoms with van der Waals surface area (Å²) in [6.45, 7) is 6.92. The van der Waals surface area contributed by atoms with Gasteiger partial charge in [-0.25, -0.2) is 9.78 Å². The lowest BCUT2D eigenvalue weighted by atomic mass is 10.0. The van der Waals surface area contributed by atoms with E-state index in [1.807, 2.05) is 11.8 Å². The second kappa shape index (κ2) is 8.85. The maximum Gasteiger partial charge on any atom is 0.326 e. The van der Waals surface area contributed by atoms with E-state index in [1.54, 1.807) is 11.1 Å². The van der Waals surface area contributed by atoms with Gasteiger partial charge in [0, 0.05) is 64.2 Å². The highest BCUT2D eigenvalue weighted by molar-refractivity contribution is 5.93. The number of aliphatic carboxylic acids is 1. The van der Waals surface area contributed by atoms with Crippen molar-refractivity contribution < 1.29 is 14.7 Å². The van der Waals surface area contributed by atoms with Crippen molar-refractivity contribution in [2.75, 3.05) is 51.2 Å². The molecule has 0 aromatic carbocycles. The Morgan fingerprint density at radius 2 is 1.83 bits per heavy atom. The first-order chi connectivity index (χ1) is 14.4. The van der Waals surface area contributed by atoms with Crippen LogP contribution in [0.3, 0.4) is 0 Å². The number of urea groups is 1. The number of carboxylic acids is 1. The van der Waals surface area contributed by atoms with E-state index in [0.29, 0.717) is 18.9 Å². The van der Waals surface area contributed by atoms with Crippen molar-refractivity contribution in [2.45, 2.75) is 51.1 Å². The zero-order valence-electron chi connectivity index (χ0n) is 18.0. The average Bonchev–Trinajstić information content (AvgIpc) is 3.01. The summed E-state index contributed by atoms with van der Waals surface area (Å²) in [7, 11) is 2.11. The van der Waals surface area contributed by atoms with Crippen molar-refractivity contribution in [2.24, 2.45) is 0 Å². The van der Waals surface area contributed by atoms with Crippen molar-refractivity contribution in [3.63, 3.8) is 0 Å². The summed E-state index contributed by atoms with van der Waals surface area (Å²) in [5.41, 5.74) is 2.07. The molecule has 1 N–H and O–H groups in total. The number of carbonyl (C=O) groups excluding carboxylic acids is 1. The monoisotopic (exact) mass is 416 g/mol. The van der Waals surface area contributed by atoms with Crippen LogP contribution < -0.4 is 4.90 Å². The molecule has 4 heterocycles. The van der Waals surface area contributed by atoms with E-state index < -0.39 is 5.97 Å². The number of carboxylic acid groups (broad SMARTS) is 1. The number of aromatic nitrogens is 2. The first kappa shape index (κ1) is 21.0. The van der Waals surface area contributed by atoms with Crippen LogP contribution in [0.5, 0.6) is 0 Å². The molecule has 9 heteroatoms. The summed E-state index contributed by atoms with van der Waals surface area (Å²) in [6, 6.07) is 0.258. The minimum atomic E-state index is -0.761. The molecule has 9 nitrogen and oxygen atoms in total. The Labute approximate surface area is 177 Å². The largest absolute Gasteiger partial charge is 0.481 e. The molecule has 2 fully saturated rings. The normalized spacial score (nSPS) is 22.8. The van der Waals surface area contributed by atoms with Gasteiger partial charge in [-0.3, -0.25) is 19.6 Å². The molecule has 2 saturated heterocycles. The third kappa shape index (κ3) is 4.41. The van der Waals surface area contributed by atoms with E-state index in [2.05, 4.69) is 21.8 Å². The maximum absolute atomic E-state index is 13.1. The van der Waals surface area contributed by atoms with E-state index in [4.69, 9.17) is 10.1 Å². The molecule has 0 aliphatic carbocycles. The molecule has 2 amide bonds. The van der Waals surface area contributed by atoms with Gasteiger partial charge < -0.3 is 14.9 Å². The molecule has 164 valence electrons. The fraction of sp³-hybridized carbons (Fsp3) is 0.714. The predicted molar refractivity (Wildman–Crippen MR) is 113 cm³/mol. The number of amides is 2. The fourth-order valence-corrected chi connectivity index (χ4v) is 4.81. The van der Waals surface area contributed by atoms with Gasteiger partial charge in [-0.2, -0.15) is 0 Å². The van der Waals surface area contributed by atoms with E-state index in [1.165, 1.54) is 0 Å². The lowest BCUT2D eigenvalue weighted by molar-refractivity contribution is -0.138. The molecule has 1 aromatic heterocycles. The first-order valence-corrected chi connectivity index (χ1v) is 11.0. The summed E-state index contributed by atoms with van der Waals surface area (Å²) >= 11 is 0. The van der Waals surface area contributed by atoms with Gasteiger partial charge in [-0.05, 0) is 26.8 Å². The Bertz CT molecular complexity index is 795. The van der Waals surface area contributed by atoms with E-state index in [0.717, 1.165) is 63.3 Å². The molecule has 1 unspecified atom stereocenters. The molecule has 0 radical (unpaired) electrons. The van der Waals surface area contributed by atoms with Crippen LogP contribution in [0.25, 0.3) is 0 Å². The van der Waals surface area contributed by atoms with E-state index >= 15 is 0 Å².